The summed E-state index contributed by atoms with van der Waals surface area (Å²) in [7, 11) is -4.82. The molecule has 70 heavy (non-hydrogen) atoms. The summed E-state index contributed by atoms with van der Waals surface area (Å²) >= 11 is 0. The van der Waals surface area contributed by atoms with Crippen LogP contribution < -0.4 is 0 Å². The summed E-state index contributed by atoms with van der Waals surface area (Å²) in [6.45, 7) is 3.92. The van der Waals surface area contributed by atoms with Gasteiger partial charge in [-0.3, -0.25) is 23.4 Å². The van der Waals surface area contributed by atoms with Crippen molar-refractivity contribution in [1.82, 2.24) is 0 Å². The van der Waals surface area contributed by atoms with E-state index in [0.717, 1.165) is 77.0 Å². The van der Waals surface area contributed by atoms with Gasteiger partial charge in [-0.25, -0.2) is 4.57 Å². The van der Waals surface area contributed by atoms with Gasteiger partial charge in [0, 0.05) is 6.42 Å². The molecule has 0 saturated carbocycles. The minimum absolute atomic E-state index is 0.0322. The predicted octanol–water partition coefficient (Wildman–Crippen LogP) is 14.3. The maximum Gasteiger partial charge on any atom is 0.472 e. The van der Waals surface area contributed by atoms with Crippen LogP contribution in [0, 0.1) is 0 Å². The van der Waals surface area contributed by atoms with E-state index in [4.69, 9.17) is 23.3 Å². The molecule has 0 amide bonds. The van der Waals surface area contributed by atoms with Crippen molar-refractivity contribution in [2.45, 2.75) is 149 Å². The number of carbonyl (C=O) groups is 3. The Hall–Kier alpha value is -5.16. The van der Waals surface area contributed by atoms with E-state index in [2.05, 4.69) is 124 Å². The van der Waals surface area contributed by atoms with Gasteiger partial charge in [-0.15, -0.1) is 0 Å². The molecule has 0 aromatic heterocycles. The van der Waals surface area contributed by atoms with Crippen LogP contribution in [0.4, 0.5) is 0 Å². The van der Waals surface area contributed by atoms with Crippen LogP contribution in [0.1, 0.15) is 136 Å². The van der Waals surface area contributed by atoms with E-state index in [-0.39, 0.29) is 19.3 Å². The molecule has 0 aliphatic heterocycles. The minimum atomic E-state index is -4.82. The zero-order valence-corrected chi connectivity index (χ0v) is 43.3. The highest BCUT2D eigenvalue weighted by atomic mass is 31.2. The zero-order valence-electron chi connectivity index (χ0n) is 42.4. The molecule has 0 aromatic rings. The van der Waals surface area contributed by atoms with E-state index in [9.17, 15) is 28.9 Å². The number of allylic oxidation sites excluding steroid dienone is 26. The minimum Gasteiger partial charge on any atom is -0.461 e. The van der Waals surface area contributed by atoms with Crippen molar-refractivity contribution >= 4 is 25.7 Å². The van der Waals surface area contributed by atoms with E-state index in [0.29, 0.717) is 19.3 Å². The number of aliphatic hydroxyl groups excluding tert-OH is 1. The van der Waals surface area contributed by atoms with Gasteiger partial charge in [0.2, 0.25) is 0 Å². The van der Waals surface area contributed by atoms with Gasteiger partial charge in [0.25, 0.3) is 0 Å². The Bertz CT molecular complexity index is 1820. The van der Waals surface area contributed by atoms with Crippen molar-refractivity contribution in [3.8, 4) is 0 Å². The van der Waals surface area contributed by atoms with Gasteiger partial charge in [-0.2, -0.15) is 0 Å². The lowest BCUT2D eigenvalue weighted by molar-refractivity contribution is -0.160. The Morgan fingerprint density at radius 1 is 0.400 bits per heavy atom. The van der Waals surface area contributed by atoms with Gasteiger partial charge in [0.15, 0.2) is 6.10 Å². The van der Waals surface area contributed by atoms with Gasteiger partial charge < -0.3 is 24.2 Å². The number of hydrogen-bond acceptors (Lipinski definition) is 10. The first-order chi connectivity index (χ1) is 34.2. The number of carbonyl (C=O) groups excluding carboxylic acids is 3. The molecule has 3 atom stereocenters. The van der Waals surface area contributed by atoms with Crippen LogP contribution in [-0.2, 0) is 42.2 Å². The highest BCUT2D eigenvalue weighted by molar-refractivity contribution is 7.47. The molecule has 0 aliphatic carbocycles. The van der Waals surface area contributed by atoms with Crippen LogP contribution in [0.15, 0.2) is 170 Å². The fourth-order valence-electron chi connectivity index (χ4n) is 5.52. The second-order valence-electron chi connectivity index (χ2n) is 15.5. The second-order valence-corrected chi connectivity index (χ2v) is 17.0. The van der Waals surface area contributed by atoms with Gasteiger partial charge in [-0.05, 0) is 96.3 Å². The smallest absolute Gasteiger partial charge is 0.461 e. The molecule has 12 heteroatoms. The van der Waals surface area contributed by atoms with Crippen molar-refractivity contribution in [3.05, 3.63) is 170 Å². The van der Waals surface area contributed by atoms with E-state index in [1.807, 2.05) is 54.7 Å². The highest BCUT2D eigenvalue weighted by Crippen LogP contribution is 2.43. The quantitative estimate of drug-likeness (QED) is 0.0260. The molecule has 0 rings (SSSR count). The fourth-order valence-corrected chi connectivity index (χ4v) is 6.30. The fraction of sp³-hybridized carbons (Fsp3) is 0.466. The first-order valence-electron chi connectivity index (χ1n) is 25.0. The lowest BCUT2D eigenvalue weighted by atomic mass is 10.2. The van der Waals surface area contributed by atoms with Crippen LogP contribution in [-0.4, -0.2) is 66.5 Å². The Morgan fingerprint density at radius 2 is 0.700 bits per heavy atom. The molecule has 0 radical (unpaired) electrons. The Balaban J connectivity index is 5.09. The first kappa shape index (κ1) is 64.8. The third-order valence-corrected chi connectivity index (χ3v) is 10.1. The normalized spacial score (nSPS) is 14.9. The lowest BCUT2D eigenvalue weighted by Crippen LogP contribution is -2.30. The maximum atomic E-state index is 12.8. The molecule has 0 aliphatic rings. The Kier molecular flexibility index (Phi) is 46.5. The number of phosphoric ester groups is 1. The largest absolute Gasteiger partial charge is 0.472 e. The zero-order chi connectivity index (χ0) is 51.3. The lowest BCUT2D eigenvalue weighted by Gasteiger charge is -2.21. The van der Waals surface area contributed by atoms with Crippen molar-refractivity contribution in [2.75, 3.05) is 26.4 Å². The summed E-state index contributed by atoms with van der Waals surface area (Å²) in [4.78, 5) is 48.1. The molecule has 0 heterocycles. The standard InChI is InChI=1S/C58H85O11P/c1-4-7-10-13-16-19-22-25-27-30-32-35-38-41-44-47-56(60)65-51-55(69-58(62)49-46-43-40-37-34-31-28-26-23-20-17-14-11-8-5-2)53-67-70(63,64)66-52-54(50-59)68-57(61)48-45-42-39-36-33-29-24-21-18-15-12-9-6-3/h7-12,16-21,25-29,32-35,37,39,41-44,46,54-55,59H,4-6,13-15,22-24,30-31,36,38,40,45,47-53H2,1-3H3,(H,63,64)/b10-7-,11-8-,12-9-,19-16-,20-17-,21-18-,27-25-,28-26-,33-29-,35-32-,37-34-,42-39-,44-41-,46-43-. The average Bonchev–Trinajstić information content (AvgIpc) is 3.35. The molecule has 0 saturated heterocycles. The molecule has 2 N–H and O–H groups in total. The van der Waals surface area contributed by atoms with E-state index in [1.165, 1.54) is 0 Å². The van der Waals surface area contributed by atoms with Crippen LogP contribution in [0.3, 0.4) is 0 Å². The van der Waals surface area contributed by atoms with Gasteiger partial charge in [-0.1, -0.05) is 191 Å². The molecular formula is C58H85O11P. The average molecular weight is 989 g/mol. The molecule has 11 nitrogen and oxygen atoms in total. The van der Waals surface area contributed by atoms with Crippen LogP contribution in [0.5, 0.6) is 0 Å². The van der Waals surface area contributed by atoms with E-state index in [1.54, 1.807) is 12.2 Å². The topological polar surface area (TPSA) is 155 Å². The molecule has 0 aromatic carbocycles. The number of aliphatic hydroxyl groups is 1. The number of phosphoric acid groups is 1. The van der Waals surface area contributed by atoms with Crippen LogP contribution in [0.2, 0.25) is 0 Å². The monoisotopic (exact) mass is 989 g/mol. The number of hydrogen-bond donors (Lipinski definition) is 2. The summed E-state index contributed by atoms with van der Waals surface area (Å²) in [5.74, 6) is -1.89. The summed E-state index contributed by atoms with van der Waals surface area (Å²) in [5, 5.41) is 9.75. The SMILES string of the molecule is CC/C=C\C/C=C\C/C=C\C/C=C\C/C=C\CC(=O)OCC(COP(=O)(O)OCC(CO)OC(=O)CC/C=C\C/C=C\C/C=C\C/C=C\CC)OC(=O)C/C=C\C/C=C\C/C=C\C/C=C\C/C=C\CC. The maximum absolute atomic E-state index is 12.8. The van der Waals surface area contributed by atoms with E-state index < -0.39 is 64.4 Å². The summed E-state index contributed by atoms with van der Waals surface area (Å²) < 4.78 is 39.0. The summed E-state index contributed by atoms with van der Waals surface area (Å²) in [5.41, 5.74) is 0. The second kappa shape index (κ2) is 50.2. The van der Waals surface area contributed by atoms with E-state index >= 15 is 0 Å². The van der Waals surface area contributed by atoms with Crippen LogP contribution >= 0.6 is 7.82 Å². The molecule has 0 bridgehead atoms. The third kappa shape index (κ3) is 47.9. The number of rotatable bonds is 43. The van der Waals surface area contributed by atoms with Crippen LogP contribution in [0.25, 0.3) is 0 Å². The summed E-state index contributed by atoms with van der Waals surface area (Å²) in [6, 6.07) is 0. The highest BCUT2D eigenvalue weighted by Gasteiger charge is 2.28. The molecule has 3 unspecified atom stereocenters. The van der Waals surface area contributed by atoms with Gasteiger partial charge in [0.1, 0.15) is 12.7 Å². The van der Waals surface area contributed by atoms with Gasteiger partial charge in [0.05, 0.1) is 32.7 Å². The Morgan fingerprint density at radius 3 is 1.06 bits per heavy atom. The Labute approximate surface area is 421 Å². The predicted molar refractivity (Wildman–Crippen MR) is 288 cm³/mol. The van der Waals surface area contributed by atoms with Crippen molar-refractivity contribution in [2.24, 2.45) is 0 Å². The molecular weight excluding hydrogens is 904 g/mol. The van der Waals surface area contributed by atoms with Crippen molar-refractivity contribution in [3.63, 3.8) is 0 Å². The van der Waals surface area contributed by atoms with Gasteiger partial charge >= 0.3 is 25.7 Å². The third-order valence-electron chi connectivity index (χ3n) is 9.20. The molecule has 388 valence electrons. The number of esters is 3. The molecule has 0 fully saturated rings. The first-order valence-corrected chi connectivity index (χ1v) is 26.5. The van der Waals surface area contributed by atoms with Crippen molar-refractivity contribution < 1.29 is 52.2 Å². The molecule has 0 spiro atoms. The summed E-state index contributed by atoms with van der Waals surface area (Å²) in [6.07, 6.45) is 66.9. The van der Waals surface area contributed by atoms with Crippen molar-refractivity contribution in [1.29, 1.82) is 0 Å². The number of ether oxygens (including phenoxy) is 3.